The third-order valence-electron chi connectivity index (χ3n) is 1.95. The van der Waals surface area contributed by atoms with Gasteiger partial charge in [-0.05, 0) is 23.8 Å². The highest BCUT2D eigenvalue weighted by molar-refractivity contribution is 6.34. The van der Waals surface area contributed by atoms with Crippen LogP contribution in [0.3, 0.4) is 0 Å². The molecular weight excluding hydrogens is 286 g/mol. The van der Waals surface area contributed by atoms with Crippen LogP contribution in [0.1, 0.15) is 5.56 Å². The smallest absolute Gasteiger partial charge is 0.191 e. The third kappa shape index (κ3) is 2.90. The van der Waals surface area contributed by atoms with Gasteiger partial charge in [-0.15, -0.1) is 0 Å². The number of benzene rings is 1. The van der Waals surface area contributed by atoms with Gasteiger partial charge in [0.2, 0.25) is 0 Å². The van der Waals surface area contributed by atoms with E-state index in [9.17, 15) is 22.0 Å². The summed E-state index contributed by atoms with van der Waals surface area (Å²) in [6.07, 6.45) is -5.71. The van der Waals surface area contributed by atoms with Crippen molar-refractivity contribution in [1.82, 2.24) is 0 Å². The molecule has 0 N–H and O–H groups in total. The Hall–Kier alpha value is -0.810. The summed E-state index contributed by atoms with van der Waals surface area (Å²) in [5.74, 6) is -5.03. The number of hydrogen-bond acceptors (Lipinski definition) is 0. The van der Waals surface area contributed by atoms with Gasteiger partial charge in [0.15, 0.2) is 0 Å². The Bertz CT molecular complexity index is 430. The molecule has 0 aliphatic heterocycles. The molecule has 0 aromatic heterocycles. The van der Waals surface area contributed by atoms with E-state index in [0.29, 0.717) is 0 Å². The molecule has 0 saturated carbocycles. The molecule has 17 heavy (non-hydrogen) atoms. The van der Waals surface area contributed by atoms with Crippen molar-refractivity contribution >= 4 is 28.8 Å². The van der Waals surface area contributed by atoms with Gasteiger partial charge in [-0.1, -0.05) is 29.8 Å². The first-order valence-corrected chi connectivity index (χ1v) is 4.91. The maximum Gasteiger partial charge on any atom is 0.458 e. The van der Waals surface area contributed by atoms with E-state index >= 15 is 0 Å². The first-order valence-electron chi connectivity index (χ1n) is 4.16. The number of rotatable bonds is 2. The predicted octanol–water partition coefficient (Wildman–Crippen LogP) is 5.20. The van der Waals surface area contributed by atoms with Gasteiger partial charge in [-0.25, -0.2) is 0 Å². The Morgan fingerprint density at radius 2 is 1.35 bits per heavy atom. The fraction of sp³-hybridized carbons (Fsp3) is 0.200. The van der Waals surface area contributed by atoms with Crippen LogP contribution in [-0.4, -0.2) is 12.1 Å². The summed E-state index contributed by atoms with van der Waals surface area (Å²) in [6, 6.07) is 3.09. The van der Waals surface area contributed by atoms with Crippen LogP contribution >= 0.6 is 23.2 Å². The van der Waals surface area contributed by atoms with E-state index in [-0.39, 0.29) is 10.0 Å². The normalized spacial score (nSPS) is 12.6. The van der Waals surface area contributed by atoms with Crippen LogP contribution in [0.15, 0.2) is 24.8 Å². The van der Waals surface area contributed by atoms with Gasteiger partial charge in [0.05, 0.1) is 0 Å². The summed E-state index contributed by atoms with van der Waals surface area (Å²) in [5.41, 5.74) is -1.85. The van der Waals surface area contributed by atoms with Crippen LogP contribution in [0.2, 0.25) is 10.0 Å². The molecule has 1 rings (SSSR count). The Labute approximate surface area is 104 Å². The molecule has 0 nitrogen and oxygen atoms in total. The Morgan fingerprint density at radius 3 is 1.71 bits per heavy atom. The van der Waals surface area contributed by atoms with Crippen molar-refractivity contribution in [1.29, 1.82) is 0 Å². The lowest BCUT2D eigenvalue weighted by Crippen LogP contribution is -2.37. The summed E-state index contributed by atoms with van der Waals surface area (Å²) in [4.78, 5) is 0. The summed E-state index contributed by atoms with van der Waals surface area (Å²) in [5, 5.41) is -0.0988. The van der Waals surface area contributed by atoms with Crippen LogP contribution in [0.5, 0.6) is 0 Å². The highest BCUT2D eigenvalue weighted by atomic mass is 35.5. The third-order valence-corrected chi connectivity index (χ3v) is 2.38. The van der Waals surface area contributed by atoms with Gasteiger partial charge in [0.1, 0.15) is 0 Å². The van der Waals surface area contributed by atoms with Gasteiger partial charge in [0, 0.05) is 15.6 Å². The molecule has 0 aliphatic rings. The predicted molar refractivity (Wildman–Crippen MR) is 56.5 cm³/mol. The molecule has 0 spiro atoms. The molecule has 7 heteroatoms. The van der Waals surface area contributed by atoms with Gasteiger partial charge < -0.3 is 0 Å². The Kier molecular flexibility index (Phi) is 3.74. The molecule has 0 radical (unpaired) electrons. The average Bonchev–Trinajstić information content (AvgIpc) is 2.13. The monoisotopic (exact) mass is 290 g/mol. The van der Waals surface area contributed by atoms with Crippen LogP contribution < -0.4 is 0 Å². The first-order chi connectivity index (χ1) is 7.55. The first kappa shape index (κ1) is 14.3. The molecule has 1 aromatic rings. The van der Waals surface area contributed by atoms with Crippen molar-refractivity contribution in [2.24, 2.45) is 0 Å². The van der Waals surface area contributed by atoms with Crippen LogP contribution in [0, 0.1) is 0 Å². The van der Waals surface area contributed by atoms with E-state index < -0.39 is 23.2 Å². The van der Waals surface area contributed by atoms with E-state index in [2.05, 4.69) is 6.58 Å². The highest BCUT2D eigenvalue weighted by Gasteiger charge is 2.59. The minimum Gasteiger partial charge on any atom is -0.191 e. The molecule has 0 bridgehead atoms. The highest BCUT2D eigenvalue weighted by Crippen LogP contribution is 2.45. The van der Waals surface area contributed by atoms with Crippen molar-refractivity contribution < 1.29 is 22.0 Å². The minimum absolute atomic E-state index is 0.0494. The lowest BCUT2D eigenvalue weighted by Gasteiger charge is -2.22. The molecule has 0 aliphatic carbocycles. The Balaban J connectivity index is 3.21. The molecule has 1 aromatic carbocycles. The van der Waals surface area contributed by atoms with Crippen molar-refractivity contribution in [2.45, 2.75) is 12.1 Å². The molecule has 0 amide bonds. The fourth-order valence-corrected chi connectivity index (χ4v) is 1.61. The zero-order chi connectivity index (χ0) is 13.4. The standard InChI is InChI=1S/C10H5Cl2F5/c1-5(9(13,14)10(15,16)17)6-2-7(11)4-8(12)3-6/h2-4H,1H2. The van der Waals surface area contributed by atoms with Gasteiger partial charge in [-0.3, -0.25) is 0 Å². The zero-order valence-electron chi connectivity index (χ0n) is 8.08. The van der Waals surface area contributed by atoms with E-state index in [1.165, 1.54) is 6.07 Å². The number of alkyl halides is 5. The van der Waals surface area contributed by atoms with E-state index in [4.69, 9.17) is 23.2 Å². The molecule has 0 saturated heterocycles. The zero-order valence-corrected chi connectivity index (χ0v) is 9.60. The molecule has 0 heterocycles. The molecule has 94 valence electrons. The molecule has 0 fully saturated rings. The van der Waals surface area contributed by atoms with Gasteiger partial charge >= 0.3 is 12.1 Å². The van der Waals surface area contributed by atoms with E-state index in [1.807, 2.05) is 0 Å². The lowest BCUT2D eigenvalue weighted by atomic mass is 10.0. The van der Waals surface area contributed by atoms with E-state index in [1.54, 1.807) is 0 Å². The van der Waals surface area contributed by atoms with Crippen molar-refractivity contribution in [2.75, 3.05) is 0 Å². The summed E-state index contributed by atoms with van der Waals surface area (Å²) in [6.45, 7) is 2.76. The SMILES string of the molecule is C=C(c1cc(Cl)cc(Cl)c1)C(F)(F)C(F)(F)F. The van der Waals surface area contributed by atoms with Crippen molar-refractivity contribution in [3.8, 4) is 0 Å². The van der Waals surface area contributed by atoms with Crippen molar-refractivity contribution in [3.05, 3.63) is 40.4 Å². The van der Waals surface area contributed by atoms with Crippen molar-refractivity contribution in [3.63, 3.8) is 0 Å². The summed E-state index contributed by atoms with van der Waals surface area (Å²) in [7, 11) is 0. The van der Waals surface area contributed by atoms with Gasteiger partial charge in [-0.2, -0.15) is 22.0 Å². The quantitative estimate of drug-likeness (QED) is 0.657. The second-order valence-electron chi connectivity index (χ2n) is 3.21. The second kappa shape index (κ2) is 4.46. The Morgan fingerprint density at radius 1 is 0.941 bits per heavy atom. The molecular formula is C10H5Cl2F5. The number of halogens is 7. The van der Waals surface area contributed by atoms with E-state index in [0.717, 1.165) is 12.1 Å². The number of hydrogen-bond donors (Lipinski definition) is 0. The maximum absolute atomic E-state index is 13.0. The number of allylic oxidation sites excluding steroid dienone is 1. The average molecular weight is 291 g/mol. The summed E-state index contributed by atoms with van der Waals surface area (Å²) >= 11 is 11.0. The van der Waals surface area contributed by atoms with Crippen LogP contribution in [0.25, 0.3) is 5.57 Å². The fourth-order valence-electron chi connectivity index (χ4n) is 1.08. The largest absolute Gasteiger partial charge is 0.458 e. The molecule has 0 unspecified atom stereocenters. The summed E-state index contributed by atoms with van der Waals surface area (Å²) < 4.78 is 62.2. The van der Waals surface area contributed by atoms with Crippen LogP contribution in [0.4, 0.5) is 22.0 Å². The van der Waals surface area contributed by atoms with Gasteiger partial charge in [0.25, 0.3) is 0 Å². The lowest BCUT2D eigenvalue weighted by molar-refractivity contribution is -0.253. The topological polar surface area (TPSA) is 0 Å². The molecule has 0 atom stereocenters. The second-order valence-corrected chi connectivity index (χ2v) is 4.08. The maximum atomic E-state index is 13.0. The van der Waals surface area contributed by atoms with Crippen LogP contribution in [-0.2, 0) is 0 Å². The minimum atomic E-state index is -5.71.